The standard InChI is InChI=1S/C32H30N6O2/c1-20-28(31(33)37(2)36-20)22-14-16-38(17-15-22)19-21-8-10-24(11-9-21)30-29(23-6-4-3-5-7-23)34-26-13-12-25(32(39)40)18-27(26)35-30/h3-14,18H,15-17,19,33H2,1-2H3,(H,39,40). The minimum absolute atomic E-state index is 0.190. The van der Waals surface area contributed by atoms with Crippen LogP contribution in [0.2, 0.25) is 0 Å². The number of nitrogens with two attached hydrogens (primary N) is 1. The Bertz CT molecular complexity index is 1760. The molecule has 0 saturated carbocycles. The number of nitrogen functional groups attached to an aromatic ring is 1. The molecule has 1 aliphatic heterocycles. The summed E-state index contributed by atoms with van der Waals surface area (Å²) in [5, 5.41) is 13.9. The molecule has 3 aromatic carbocycles. The SMILES string of the molecule is Cc1nn(C)c(N)c1C1=CCN(Cc2ccc(-c3nc4cc(C(=O)O)ccc4nc3-c3ccccc3)cc2)CC1. The topological polar surface area (TPSA) is 110 Å². The van der Waals surface area contributed by atoms with Gasteiger partial charge in [-0.05, 0) is 42.7 Å². The van der Waals surface area contributed by atoms with Crippen LogP contribution in [0.4, 0.5) is 5.82 Å². The van der Waals surface area contributed by atoms with Crippen LogP contribution in [-0.4, -0.2) is 48.8 Å². The van der Waals surface area contributed by atoms with Crippen molar-refractivity contribution < 1.29 is 9.90 Å². The summed E-state index contributed by atoms with van der Waals surface area (Å²) in [7, 11) is 1.88. The summed E-state index contributed by atoms with van der Waals surface area (Å²) in [6.45, 7) is 4.64. The monoisotopic (exact) mass is 530 g/mol. The predicted octanol–water partition coefficient (Wildman–Crippen LogP) is 5.58. The van der Waals surface area contributed by atoms with Crippen LogP contribution in [0, 0.1) is 6.92 Å². The summed E-state index contributed by atoms with van der Waals surface area (Å²) in [6.07, 6.45) is 3.20. The summed E-state index contributed by atoms with van der Waals surface area (Å²) in [4.78, 5) is 23.8. The fourth-order valence-corrected chi connectivity index (χ4v) is 5.37. The van der Waals surface area contributed by atoms with Crippen LogP contribution in [-0.2, 0) is 13.6 Å². The van der Waals surface area contributed by atoms with Crippen molar-refractivity contribution in [2.24, 2.45) is 7.05 Å². The highest BCUT2D eigenvalue weighted by Gasteiger charge is 2.20. The van der Waals surface area contributed by atoms with Gasteiger partial charge in [-0.3, -0.25) is 9.58 Å². The van der Waals surface area contributed by atoms with Crippen LogP contribution in [0.15, 0.2) is 78.9 Å². The smallest absolute Gasteiger partial charge is 0.335 e. The van der Waals surface area contributed by atoms with E-state index >= 15 is 0 Å². The Morgan fingerprint density at radius 1 is 0.950 bits per heavy atom. The van der Waals surface area contributed by atoms with E-state index in [0.717, 1.165) is 65.6 Å². The molecule has 40 heavy (non-hydrogen) atoms. The van der Waals surface area contributed by atoms with Crippen LogP contribution in [0.5, 0.6) is 0 Å². The van der Waals surface area contributed by atoms with Gasteiger partial charge in [0.15, 0.2) is 0 Å². The van der Waals surface area contributed by atoms with E-state index in [1.165, 1.54) is 11.1 Å². The number of carbonyl (C=O) groups is 1. The van der Waals surface area contributed by atoms with Gasteiger partial charge in [0.25, 0.3) is 0 Å². The lowest BCUT2D eigenvalue weighted by Crippen LogP contribution is -2.28. The first-order valence-corrected chi connectivity index (χ1v) is 13.3. The van der Waals surface area contributed by atoms with Crippen molar-refractivity contribution >= 4 is 28.4 Å². The molecule has 6 rings (SSSR count). The number of hydrogen-bond acceptors (Lipinski definition) is 6. The van der Waals surface area contributed by atoms with Crippen LogP contribution in [0.25, 0.3) is 39.1 Å². The lowest BCUT2D eigenvalue weighted by Gasteiger charge is -2.26. The molecule has 8 nitrogen and oxygen atoms in total. The molecular formula is C32H30N6O2. The Balaban J connectivity index is 1.27. The van der Waals surface area contributed by atoms with Gasteiger partial charge in [0, 0.05) is 43.4 Å². The number of nitrogens with zero attached hydrogens (tertiary/aromatic N) is 5. The molecule has 0 amide bonds. The molecule has 3 heterocycles. The Morgan fingerprint density at radius 3 is 2.27 bits per heavy atom. The van der Waals surface area contributed by atoms with Crippen LogP contribution in [0.3, 0.4) is 0 Å². The molecule has 0 atom stereocenters. The number of carboxylic acids is 1. The van der Waals surface area contributed by atoms with Crippen molar-refractivity contribution in [2.45, 2.75) is 19.9 Å². The summed E-state index contributed by atoms with van der Waals surface area (Å²) in [6, 6.07) is 23.2. The van der Waals surface area contributed by atoms with Crippen molar-refractivity contribution in [1.29, 1.82) is 0 Å². The molecule has 0 fully saturated rings. The zero-order valence-electron chi connectivity index (χ0n) is 22.5. The zero-order chi connectivity index (χ0) is 27.8. The van der Waals surface area contributed by atoms with Gasteiger partial charge in [0.1, 0.15) is 5.82 Å². The maximum Gasteiger partial charge on any atom is 0.335 e. The largest absolute Gasteiger partial charge is 0.478 e. The van der Waals surface area contributed by atoms with Crippen LogP contribution < -0.4 is 5.73 Å². The van der Waals surface area contributed by atoms with Gasteiger partial charge in [-0.25, -0.2) is 14.8 Å². The first kappa shape index (κ1) is 25.5. The van der Waals surface area contributed by atoms with Gasteiger partial charge < -0.3 is 10.8 Å². The van der Waals surface area contributed by atoms with Crippen molar-refractivity contribution in [3.8, 4) is 22.5 Å². The second kappa shape index (κ2) is 10.4. The third-order valence-electron chi connectivity index (χ3n) is 7.47. The van der Waals surface area contributed by atoms with E-state index in [1.54, 1.807) is 22.9 Å². The molecule has 0 unspecified atom stereocenters. The Hall–Kier alpha value is -4.82. The number of carboxylic acid groups (broad SMARTS) is 1. The minimum Gasteiger partial charge on any atom is -0.478 e. The van der Waals surface area contributed by atoms with E-state index < -0.39 is 5.97 Å². The number of aryl methyl sites for hydroxylation is 2. The molecule has 200 valence electrons. The summed E-state index contributed by atoms with van der Waals surface area (Å²) >= 11 is 0. The molecule has 8 heteroatoms. The molecular weight excluding hydrogens is 500 g/mol. The molecule has 0 spiro atoms. The molecule has 0 aliphatic carbocycles. The number of rotatable bonds is 6. The van der Waals surface area contributed by atoms with Crippen molar-refractivity contribution in [3.05, 3.63) is 101 Å². The van der Waals surface area contributed by atoms with Gasteiger partial charge in [0.05, 0.1) is 33.7 Å². The lowest BCUT2D eigenvalue weighted by atomic mass is 9.98. The molecule has 2 aromatic heterocycles. The first-order valence-electron chi connectivity index (χ1n) is 13.3. The molecule has 5 aromatic rings. The molecule has 0 bridgehead atoms. The minimum atomic E-state index is -0.986. The van der Waals surface area contributed by atoms with E-state index in [2.05, 4.69) is 40.3 Å². The summed E-state index contributed by atoms with van der Waals surface area (Å²) < 4.78 is 1.74. The Morgan fingerprint density at radius 2 is 1.65 bits per heavy atom. The van der Waals surface area contributed by atoms with E-state index in [1.807, 2.05) is 44.3 Å². The predicted molar refractivity (Wildman–Crippen MR) is 158 cm³/mol. The Kier molecular flexibility index (Phi) is 6.61. The third kappa shape index (κ3) is 4.85. The van der Waals surface area contributed by atoms with E-state index in [9.17, 15) is 9.90 Å². The number of aromatic carboxylic acids is 1. The fourth-order valence-electron chi connectivity index (χ4n) is 5.37. The third-order valence-corrected chi connectivity index (χ3v) is 7.47. The quantitative estimate of drug-likeness (QED) is 0.295. The second-order valence-corrected chi connectivity index (χ2v) is 10.2. The average Bonchev–Trinajstić information content (AvgIpc) is 3.23. The molecule has 0 saturated heterocycles. The van der Waals surface area contributed by atoms with Gasteiger partial charge in [0.2, 0.25) is 0 Å². The second-order valence-electron chi connectivity index (χ2n) is 10.2. The van der Waals surface area contributed by atoms with E-state index in [4.69, 9.17) is 15.7 Å². The lowest BCUT2D eigenvalue weighted by molar-refractivity contribution is 0.0697. The van der Waals surface area contributed by atoms with Gasteiger partial charge in [-0.2, -0.15) is 5.10 Å². The Labute approximate surface area is 232 Å². The highest BCUT2D eigenvalue weighted by atomic mass is 16.4. The number of benzene rings is 3. The van der Waals surface area contributed by atoms with Crippen molar-refractivity contribution in [2.75, 3.05) is 18.8 Å². The first-order chi connectivity index (χ1) is 19.4. The number of aromatic nitrogens is 4. The molecule has 0 radical (unpaired) electrons. The zero-order valence-corrected chi connectivity index (χ0v) is 22.5. The number of fused-ring (bicyclic) bond motifs is 1. The van der Waals surface area contributed by atoms with Gasteiger partial charge in [-0.1, -0.05) is 60.7 Å². The van der Waals surface area contributed by atoms with Crippen LogP contribution in [0.1, 0.15) is 33.6 Å². The molecule has 3 N–H and O–H groups in total. The number of hydrogen-bond donors (Lipinski definition) is 2. The normalized spacial score (nSPS) is 13.9. The van der Waals surface area contributed by atoms with Crippen molar-refractivity contribution in [3.63, 3.8) is 0 Å². The number of anilines is 1. The van der Waals surface area contributed by atoms with Crippen LogP contribution >= 0.6 is 0 Å². The summed E-state index contributed by atoms with van der Waals surface area (Å²) in [5.74, 6) is -0.265. The summed E-state index contributed by atoms with van der Waals surface area (Å²) in [5.41, 5.74) is 15.6. The van der Waals surface area contributed by atoms with Gasteiger partial charge >= 0.3 is 5.97 Å². The van der Waals surface area contributed by atoms with Gasteiger partial charge in [-0.15, -0.1) is 0 Å². The molecule has 1 aliphatic rings. The highest BCUT2D eigenvalue weighted by Crippen LogP contribution is 2.32. The maximum atomic E-state index is 11.5. The van der Waals surface area contributed by atoms with E-state index in [0.29, 0.717) is 11.0 Å². The van der Waals surface area contributed by atoms with Crippen molar-refractivity contribution in [1.82, 2.24) is 24.6 Å². The van der Waals surface area contributed by atoms with E-state index in [-0.39, 0.29) is 5.56 Å². The maximum absolute atomic E-state index is 11.5. The fraction of sp³-hybridized carbons (Fsp3) is 0.188. The average molecular weight is 531 g/mol. The highest BCUT2D eigenvalue weighted by molar-refractivity contribution is 5.94.